The molecule has 2 aliphatic rings. The average molecular weight is 726 g/mol. The van der Waals surface area contributed by atoms with Crippen LogP contribution in [0.1, 0.15) is 23.6 Å². The van der Waals surface area contributed by atoms with Gasteiger partial charge in [-0.2, -0.15) is 0 Å². The Morgan fingerprint density at radius 2 is 1.15 bits per heavy atom. The van der Waals surface area contributed by atoms with Crippen molar-refractivity contribution in [3.8, 4) is 28.1 Å². The molecular weight excluding hydrogens is 688 g/mol. The zero-order valence-corrected chi connectivity index (χ0v) is 31.3. The minimum Gasteiger partial charge on any atom is -0.308 e. The molecule has 0 amide bonds. The van der Waals surface area contributed by atoms with Crippen molar-refractivity contribution in [2.24, 2.45) is 10.9 Å². The standard InChI is InChI=1S/C51H38N2OP/c1-35-32-39(34-45(36-18-5-2-6-19-36)52-50(35)37-20-7-3-8-21-37)38-22-17-23-40(33-38)53-46-29-14-11-26-42(46)49-43-27-12-15-30-47(43)55(54,41-24-9-4-10-25-41)48-31-16-13-28-44(48)51(49)53/h2-35,54H,1H3/q+1. The van der Waals surface area contributed by atoms with Crippen LogP contribution in [0.3, 0.4) is 0 Å². The summed E-state index contributed by atoms with van der Waals surface area (Å²) in [6.45, 7) is 2.24. The van der Waals surface area contributed by atoms with Crippen molar-refractivity contribution in [2.45, 2.75) is 6.92 Å². The normalized spacial score (nSPS) is 17.5. The highest BCUT2D eigenvalue weighted by atomic mass is 31.2. The van der Waals surface area contributed by atoms with Crippen LogP contribution in [0.15, 0.2) is 205 Å². The fraction of sp³-hybridized carbons (Fsp3) is 0.0392. The molecule has 2 aliphatic heterocycles. The van der Waals surface area contributed by atoms with Gasteiger partial charge < -0.3 is 4.57 Å². The van der Waals surface area contributed by atoms with Gasteiger partial charge >= 0.3 is 0 Å². The maximum atomic E-state index is 13.3. The molecule has 0 aliphatic carbocycles. The molecule has 4 heteroatoms. The average Bonchev–Trinajstić information content (AvgIpc) is 3.44. The van der Waals surface area contributed by atoms with E-state index >= 15 is 0 Å². The van der Waals surface area contributed by atoms with Crippen LogP contribution in [-0.2, 0) is 0 Å². The summed E-state index contributed by atoms with van der Waals surface area (Å²) in [5, 5.41) is 4.05. The van der Waals surface area contributed by atoms with Gasteiger partial charge in [0.05, 0.1) is 22.6 Å². The molecule has 0 spiro atoms. The van der Waals surface area contributed by atoms with Crippen LogP contribution in [0.5, 0.6) is 0 Å². The van der Waals surface area contributed by atoms with Gasteiger partial charge in [-0.15, -0.1) is 0 Å². The summed E-state index contributed by atoms with van der Waals surface area (Å²) in [6.07, 6.45) is 4.59. The van der Waals surface area contributed by atoms with Crippen molar-refractivity contribution in [1.82, 2.24) is 4.57 Å². The summed E-state index contributed by atoms with van der Waals surface area (Å²) in [5.41, 5.74) is 13.0. The predicted octanol–water partition coefficient (Wildman–Crippen LogP) is 11.0. The first-order valence-electron chi connectivity index (χ1n) is 18.8. The molecule has 1 aromatic heterocycles. The third-order valence-corrected chi connectivity index (χ3v) is 14.2. The molecule has 262 valence electrons. The molecule has 1 N–H and O–H groups in total. The molecule has 2 unspecified atom stereocenters. The zero-order chi connectivity index (χ0) is 36.9. The minimum absolute atomic E-state index is 0.0743. The first-order valence-corrected chi connectivity index (χ1v) is 20.6. The molecular formula is C51H38N2OP+. The molecule has 0 bridgehead atoms. The van der Waals surface area contributed by atoms with Crippen LogP contribution in [0.2, 0.25) is 0 Å². The first-order chi connectivity index (χ1) is 27.1. The Balaban J connectivity index is 1.22. The molecule has 0 radical (unpaired) electrons. The number of para-hydroxylation sites is 1. The van der Waals surface area contributed by atoms with E-state index < -0.39 is 7.49 Å². The summed E-state index contributed by atoms with van der Waals surface area (Å²) in [5.74, 6) is 0.0743. The van der Waals surface area contributed by atoms with E-state index in [9.17, 15) is 4.89 Å². The quantitative estimate of drug-likeness (QED) is 0.176. The lowest BCUT2D eigenvalue weighted by Crippen LogP contribution is -2.31. The lowest BCUT2D eigenvalue weighted by molar-refractivity contribution is 0.633. The third kappa shape index (κ3) is 5.47. The van der Waals surface area contributed by atoms with Crippen LogP contribution >= 0.6 is 7.49 Å². The van der Waals surface area contributed by atoms with E-state index in [1.807, 2.05) is 18.2 Å². The van der Waals surface area contributed by atoms with Gasteiger partial charge in [0.25, 0.3) is 0 Å². The van der Waals surface area contributed by atoms with E-state index in [1.54, 1.807) is 0 Å². The maximum Gasteiger partial charge on any atom is 0.239 e. The molecule has 7 aromatic carbocycles. The Hall–Kier alpha value is -6.38. The third-order valence-electron chi connectivity index (χ3n) is 11.0. The van der Waals surface area contributed by atoms with E-state index in [4.69, 9.17) is 4.99 Å². The Bertz CT molecular complexity index is 2830. The Kier molecular flexibility index (Phi) is 8.14. The Labute approximate surface area is 322 Å². The van der Waals surface area contributed by atoms with Crippen molar-refractivity contribution in [2.75, 3.05) is 0 Å². The van der Waals surface area contributed by atoms with Crippen molar-refractivity contribution >= 4 is 51.3 Å². The Morgan fingerprint density at radius 3 is 1.89 bits per heavy atom. The summed E-state index contributed by atoms with van der Waals surface area (Å²) in [7, 11) is -3.03. The van der Waals surface area contributed by atoms with Crippen LogP contribution in [0.4, 0.5) is 0 Å². The smallest absolute Gasteiger partial charge is 0.239 e. The number of fused-ring (bicyclic) bond motifs is 7. The SMILES string of the molecule is CC1C=C(c2cccc(-n3c4c(c5ccccc53)-c3ccccc3[P+](O)(c3ccccc3)c3ccccc3-4)c2)C=C(c2ccccc2)N=C1c1ccccc1. The highest BCUT2D eigenvalue weighted by Crippen LogP contribution is 2.59. The van der Waals surface area contributed by atoms with Gasteiger partial charge in [0, 0.05) is 39.2 Å². The highest BCUT2D eigenvalue weighted by Gasteiger charge is 2.50. The Morgan fingerprint density at radius 1 is 0.564 bits per heavy atom. The van der Waals surface area contributed by atoms with Crippen molar-refractivity contribution < 1.29 is 4.89 Å². The number of allylic oxidation sites excluding steroid dienone is 3. The summed E-state index contributed by atoms with van der Waals surface area (Å²) in [4.78, 5) is 18.7. The first kappa shape index (κ1) is 33.2. The van der Waals surface area contributed by atoms with Gasteiger partial charge in [-0.05, 0) is 71.3 Å². The fourth-order valence-corrected chi connectivity index (χ4v) is 11.6. The van der Waals surface area contributed by atoms with Gasteiger partial charge in [-0.25, -0.2) is 4.89 Å². The van der Waals surface area contributed by atoms with Crippen molar-refractivity contribution in [3.63, 3.8) is 0 Å². The number of hydrogen-bond acceptors (Lipinski definition) is 2. The predicted molar refractivity (Wildman–Crippen MR) is 233 cm³/mol. The number of nitrogens with zero attached hydrogens (tertiary/aromatic N) is 2. The molecule has 55 heavy (non-hydrogen) atoms. The number of aliphatic imine (C=N–C) groups is 1. The van der Waals surface area contributed by atoms with E-state index in [-0.39, 0.29) is 5.92 Å². The van der Waals surface area contributed by atoms with Crippen LogP contribution < -0.4 is 15.9 Å². The van der Waals surface area contributed by atoms with Gasteiger partial charge in [0.2, 0.25) is 7.49 Å². The van der Waals surface area contributed by atoms with Crippen molar-refractivity contribution in [1.29, 1.82) is 0 Å². The second-order valence-electron chi connectivity index (χ2n) is 14.3. The van der Waals surface area contributed by atoms with E-state index in [0.717, 1.165) is 88.6 Å². The van der Waals surface area contributed by atoms with Gasteiger partial charge in [0.1, 0.15) is 15.9 Å². The van der Waals surface area contributed by atoms with E-state index in [2.05, 4.69) is 194 Å². The fourth-order valence-electron chi connectivity index (χ4n) is 8.52. The topological polar surface area (TPSA) is 37.5 Å². The highest BCUT2D eigenvalue weighted by molar-refractivity contribution is 7.91. The lowest BCUT2D eigenvalue weighted by atomic mass is 9.94. The minimum atomic E-state index is -3.03. The van der Waals surface area contributed by atoms with Gasteiger partial charge in [0.15, 0.2) is 0 Å². The number of rotatable bonds is 5. The molecule has 2 atom stereocenters. The summed E-state index contributed by atoms with van der Waals surface area (Å²) < 4.78 is 2.42. The molecule has 8 aromatic rings. The largest absolute Gasteiger partial charge is 0.308 e. The number of aromatic nitrogens is 1. The second-order valence-corrected chi connectivity index (χ2v) is 17.1. The van der Waals surface area contributed by atoms with Gasteiger partial charge in [-0.3, -0.25) is 4.99 Å². The van der Waals surface area contributed by atoms with Crippen LogP contribution in [-0.4, -0.2) is 15.2 Å². The molecule has 10 rings (SSSR count). The van der Waals surface area contributed by atoms with E-state index in [0.29, 0.717) is 0 Å². The molecule has 0 saturated heterocycles. The van der Waals surface area contributed by atoms with Gasteiger partial charge in [-0.1, -0.05) is 153 Å². The molecule has 3 heterocycles. The number of benzene rings is 7. The van der Waals surface area contributed by atoms with Crippen LogP contribution in [0.25, 0.3) is 50.2 Å². The molecule has 3 nitrogen and oxygen atoms in total. The van der Waals surface area contributed by atoms with Crippen molar-refractivity contribution in [3.05, 3.63) is 217 Å². The number of hydrogen-bond donors (Lipinski definition) is 1. The lowest BCUT2D eigenvalue weighted by Gasteiger charge is -2.22. The summed E-state index contributed by atoms with van der Waals surface area (Å²) >= 11 is 0. The van der Waals surface area contributed by atoms with Crippen LogP contribution in [0, 0.1) is 5.92 Å². The zero-order valence-electron chi connectivity index (χ0n) is 30.4. The second kappa shape index (κ2) is 13.5. The monoisotopic (exact) mass is 725 g/mol. The summed E-state index contributed by atoms with van der Waals surface area (Å²) in [6, 6.07) is 65.8. The van der Waals surface area contributed by atoms with E-state index in [1.165, 1.54) is 0 Å². The maximum absolute atomic E-state index is 13.3. The molecule has 0 saturated carbocycles. The molecule has 0 fully saturated rings.